The highest BCUT2D eigenvalue weighted by Crippen LogP contribution is 2.31. The Hall–Kier alpha value is -3.24. The Bertz CT molecular complexity index is 974. The van der Waals surface area contributed by atoms with Crippen molar-refractivity contribution in [3.05, 3.63) is 108 Å². The number of nitrogens with zero attached hydrogens (tertiary/aromatic N) is 1. The van der Waals surface area contributed by atoms with Crippen molar-refractivity contribution in [2.45, 2.75) is 5.92 Å². The fourth-order valence-corrected chi connectivity index (χ4v) is 3.86. The molecular formula is C23H18N2OS. The molecule has 4 rings (SSSR count). The summed E-state index contributed by atoms with van der Waals surface area (Å²) >= 11 is 1.48. The predicted octanol–water partition coefficient (Wildman–Crippen LogP) is 5.58. The Kier molecular flexibility index (Phi) is 5.08. The van der Waals surface area contributed by atoms with Crippen molar-refractivity contribution >= 4 is 22.4 Å². The van der Waals surface area contributed by atoms with Crippen LogP contribution in [0.25, 0.3) is 10.4 Å². The summed E-state index contributed by atoms with van der Waals surface area (Å²) in [6.07, 6.45) is 1.80. The van der Waals surface area contributed by atoms with Gasteiger partial charge in [-0.15, -0.1) is 0 Å². The van der Waals surface area contributed by atoms with E-state index in [0.717, 1.165) is 21.6 Å². The lowest BCUT2D eigenvalue weighted by Gasteiger charge is -2.17. The van der Waals surface area contributed by atoms with Gasteiger partial charge in [-0.2, -0.15) is 0 Å². The molecule has 0 fully saturated rings. The number of amides is 1. The van der Waals surface area contributed by atoms with Gasteiger partial charge in [0.1, 0.15) is 0 Å². The van der Waals surface area contributed by atoms with Crippen LogP contribution in [0.4, 0.5) is 5.13 Å². The van der Waals surface area contributed by atoms with Crippen LogP contribution in [0.3, 0.4) is 0 Å². The number of aromatic nitrogens is 1. The van der Waals surface area contributed by atoms with Gasteiger partial charge < -0.3 is 5.32 Å². The van der Waals surface area contributed by atoms with Crippen LogP contribution in [0.2, 0.25) is 0 Å². The second-order valence-electron chi connectivity index (χ2n) is 6.14. The first kappa shape index (κ1) is 17.2. The maximum atomic E-state index is 13.1. The number of hydrogen-bond donors (Lipinski definition) is 1. The summed E-state index contributed by atoms with van der Waals surface area (Å²) in [6, 6.07) is 29.7. The van der Waals surface area contributed by atoms with Crippen LogP contribution in [0, 0.1) is 0 Å². The molecule has 0 unspecified atom stereocenters. The van der Waals surface area contributed by atoms with E-state index in [-0.39, 0.29) is 11.8 Å². The van der Waals surface area contributed by atoms with Crippen LogP contribution in [-0.4, -0.2) is 10.9 Å². The van der Waals surface area contributed by atoms with Gasteiger partial charge in [-0.05, 0) is 16.7 Å². The van der Waals surface area contributed by atoms with Crippen LogP contribution in [0.15, 0.2) is 97.2 Å². The van der Waals surface area contributed by atoms with Crippen LogP contribution in [-0.2, 0) is 4.79 Å². The number of carbonyl (C=O) groups is 1. The molecule has 0 aliphatic heterocycles. The van der Waals surface area contributed by atoms with Crippen molar-refractivity contribution in [1.29, 1.82) is 0 Å². The Balaban J connectivity index is 1.61. The quantitative estimate of drug-likeness (QED) is 0.498. The monoisotopic (exact) mass is 370 g/mol. The highest BCUT2D eigenvalue weighted by atomic mass is 32.1. The summed E-state index contributed by atoms with van der Waals surface area (Å²) < 4.78 is 0. The van der Waals surface area contributed by atoms with Gasteiger partial charge in [0.2, 0.25) is 5.91 Å². The van der Waals surface area contributed by atoms with Gasteiger partial charge in [0.05, 0.1) is 10.8 Å². The number of hydrogen-bond acceptors (Lipinski definition) is 3. The van der Waals surface area contributed by atoms with Crippen LogP contribution in [0.1, 0.15) is 17.0 Å². The lowest BCUT2D eigenvalue weighted by atomic mass is 9.90. The molecule has 0 saturated heterocycles. The minimum atomic E-state index is -0.378. The molecular weight excluding hydrogens is 352 g/mol. The number of benzene rings is 3. The Morgan fingerprint density at radius 2 is 1.30 bits per heavy atom. The summed E-state index contributed by atoms with van der Waals surface area (Å²) in [6.45, 7) is 0. The van der Waals surface area contributed by atoms with E-state index in [4.69, 9.17) is 0 Å². The average molecular weight is 370 g/mol. The van der Waals surface area contributed by atoms with E-state index in [1.807, 2.05) is 91.0 Å². The van der Waals surface area contributed by atoms with E-state index in [9.17, 15) is 4.79 Å². The summed E-state index contributed by atoms with van der Waals surface area (Å²) in [7, 11) is 0. The molecule has 3 aromatic carbocycles. The third kappa shape index (κ3) is 3.96. The second-order valence-corrected chi connectivity index (χ2v) is 7.17. The van der Waals surface area contributed by atoms with Gasteiger partial charge >= 0.3 is 0 Å². The van der Waals surface area contributed by atoms with Crippen molar-refractivity contribution in [3.63, 3.8) is 0 Å². The zero-order valence-corrected chi connectivity index (χ0v) is 15.4. The molecule has 1 N–H and O–H groups in total. The highest BCUT2D eigenvalue weighted by molar-refractivity contribution is 7.19. The number of rotatable bonds is 5. The molecule has 0 aliphatic rings. The van der Waals surface area contributed by atoms with Crippen LogP contribution < -0.4 is 5.32 Å². The first-order valence-corrected chi connectivity index (χ1v) is 9.55. The molecule has 0 atom stereocenters. The SMILES string of the molecule is O=C(Nc1ncc(-c2ccccc2)s1)C(c1ccccc1)c1ccccc1. The maximum absolute atomic E-state index is 13.1. The summed E-state index contributed by atoms with van der Waals surface area (Å²) in [4.78, 5) is 18.5. The first-order chi connectivity index (χ1) is 13.3. The third-order valence-corrected chi connectivity index (χ3v) is 5.28. The fourth-order valence-electron chi connectivity index (χ4n) is 3.03. The molecule has 27 heavy (non-hydrogen) atoms. The summed E-state index contributed by atoms with van der Waals surface area (Å²) in [5.74, 6) is -0.460. The van der Waals surface area contributed by atoms with Crippen molar-refractivity contribution in [2.75, 3.05) is 5.32 Å². The van der Waals surface area contributed by atoms with E-state index < -0.39 is 0 Å². The van der Waals surface area contributed by atoms with Gasteiger partial charge in [-0.1, -0.05) is 102 Å². The molecule has 0 saturated carbocycles. The van der Waals surface area contributed by atoms with Gasteiger partial charge in [0.25, 0.3) is 0 Å². The summed E-state index contributed by atoms with van der Waals surface area (Å²) in [5, 5.41) is 3.60. The van der Waals surface area contributed by atoms with Gasteiger partial charge in [0.15, 0.2) is 5.13 Å². The molecule has 4 heteroatoms. The van der Waals surface area contributed by atoms with E-state index >= 15 is 0 Å². The zero-order valence-electron chi connectivity index (χ0n) is 14.6. The van der Waals surface area contributed by atoms with Crippen LogP contribution >= 0.6 is 11.3 Å². The molecule has 1 aromatic heterocycles. The number of thiazole rings is 1. The van der Waals surface area contributed by atoms with E-state index in [1.54, 1.807) is 6.20 Å². The molecule has 0 spiro atoms. The molecule has 1 heterocycles. The minimum Gasteiger partial charge on any atom is -0.301 e. The van der Waals surface area contributed by atoms with E-state index in [0.29, 0.717) is 5.13 Å². The van der Waals surface area contributed by atoms with Crippen molar-refractivity contribution < 1.29 is 4.79 Å². The van der Waals surface area contributed by atoms with Crippen molar-refractivity contribution in [2.24, 2.45) is 0 Å². The molecule has 3 nitrogen and oxygen atoms in total. The molecule has 4 aromatic rings. The topological polar surface area (TPSA) is 42.0 Å². The minimum absolute atomic E-state index is 0.0821. The maximum Gasteiger partial charge on any atom is 0.238 e. The number of anilines is 1. The smallest absolute Gasteiger partial charge is 0.238 e. The largest absolute Gasteiger partial charge is 0.301 e. The normalized spacial score (nSPS) is 10.7. The highest BCUT2D eigenvalue weighted by Gasteiger charge is 2.23. The average Bonchev–Trinajstić information content (AvgIpc) is 3.19. The Labute approximate surface area is 162 Å². The van der Waals surface area contributed by atoms with Crippen molar-refractivity contribution in [3.8, 4) is 10.4 Å². The van der Waals surface area contributed by atoms with Crippen LogP contribution in [0.5, 0.6) is 0 Å². The molecule has 1 amide bonds. The van der Waals surface area contributed by atoms with E-state index in [2.05, 4.69) is 10.3 Å². The van der Waals surface area contributed by atoms with Gasteiger partial charge in [-0.3, -0.25) is 4.79 Å². The van der Waals surface area contributed by atoms with Crippen molar-refractivity contribution in [1.82, 2.24) is 4.98 Å². The molecule has 0 aliphatic carbocycles. The standard InChI is InChI=1S/C23H18N2OS/c26-22(25-23-24-16-20(27-23)17-10-4-1-5-11-17)21(18-12-6-2-7-13-18)19-14-8-3-9-15-19/h1-16,21H,(H,24,25,26). The first-order valence-electron chi connectivity index (χ1n) is 8.73. The zero-order chi connectivity index (χ0) is 18.5. The molecule has 0 radical (unpaired) electrons. The number of nitrogens with one attached hydrogen (secondary N) is 1. The lowest BCUT2D eigenvalue weighted by Crippen LogP contribution is -2.22. The van der Waals surface area contributed by atoms with Gasteiger partial charge in [-0.25, -0.2) is 4.98 Å². The second kappa shape index (κ2) is 7.98. The number of carbonyl (C=O) groups excluding carboxylic acids is 1. The molecule has 0 bridgehead atoms. The lowest BCUT2D eigenvalue weighted by molar-refractivity contribution is -0.116. The third-order valence-electron chi connectivity index (χ3n) is 4.32. The predicted molar refractivity (Wildman–Crippen MR) is 111 cm³/mol. The molecule has 132 valence electrons. The Morgan fingerprint density at radius 1 is 0.778 bits per heavy atom. The summed E-state index contributed by atoms with van der Waals surface area (Å²) in [5.41, 5.74) is 3.01. The van der Waals surface area contributed by atoms with Gasteiger partial charge in [0, 0.05) is 6.20 Å². The Morgan fingerprint density at radius 3 is 1.85 bits per heavy atom. The van der Waals surface area contributed by atoms with E-state index in [1.165, 1.54) is 11.3 Å². The fraction of sp³-hybridized carbons (Fsp3) is 0.0435.